The van der Waals surface area contributed by atoms with Gasteiger partial charge in [0.2, 0.25) is 0 Å². The summed E-state index contributed by atoms with van der Waals surface area (Å²) in [5.74, 6) is 4.44. The predicted molar refractivity (Wildman–Crippen MR) is 68.0 cm³/mol. The smallest absolute Gasteiger partial charge is 0.0176 e. The second kappa shape index (κ2) is 2.97. The first-order chi connectivity index (χ1) is 5.75. The van der Waals surface area contributed by atoms with Gasteiger partial charge in [0.05, 0.1) is 0 Å². The molecule has 12 heavy (non-hydrogen) atoms. The normalized spacial score (nSPS) is 62.5. The van der Waals surface area contributed by atoms with Crippen molar-refractivity contribution in [2.45, 2.75) is 33.5 Å². The Labute approximate surface area is 102 Å². The SMILES string of the molecule is IC1C2CC3CC(C2)C(I)C1C3. The average molecular weight is 388 g/mol. The van der Waals surface area contributed by atoms with E-state index in [1.165, 1.54) is 0 Å². The van der Waals surface area contributed by atoms with E-state index in [2.05, 4.69) is 45.2 Å². The Balaban J connectivity index is 1.93. The van der Waals surface area contributed by atoms with Gasteiger partial charge in [-0.05, 0) is 49.4 Å². The lowest BCUT2D eigenvalue weighted by Crippen LogP contribution is -2.51. The Morgan fingerprint density at radius 2 is 1.33 bits per heavy atom. The van der Waals surface area contributed by atoms with Crippen LogP contribution < -0.4 is 0 Å². The largest absolute Gasteiger partial charge is 0.0820 e. The minimum absolute atomic E-state index is 1.03. The Bertz CT molecular complexity index is 186. The maximum absolute atomic E-state index is 2.74. The summed E-state index contributed by atoms with van der Waals surface area (Å²) in [5.41, 5.74) is 0. The van der Waals surface area contributed by atoms with Crippen LogP contribution in [0.25, 0.3) is 0 Å². The molecule has 0 aromatic heterocycles. The van der Waals surface area contributed by atoms with E-state index in [1.807, 2.05) is 0 Å². The zero-order valence-corrected chi connectivity index (χ0v) is 11.4. The van der Waals surface area contributed by atoms with Gasteiger partial charge in [0.25, 0.3) is 0 Å². The standard InChI is InChI=1S/C10H14I2/c11-9-6-1-5-2-7(4-6)10(12)8(9)3-5/h5-10H,1-4H2. The van der Waals surface area contributed by atoms with Crippen LogP contribution in [0.5, 0.6) is 0 Å². The molecule has 0 N–H and O–H groups in total. The molecule has 0 heterocycles. The number of alkyl halides is 2. The van der Waals surface area contributed by atoms with Crippen molar-refractivity contribution >= 4 is 45.2 Å². The molecule has 4 bridgehead atoms. The summed E-state index contributed by atoms with van der Waals surface area (Å²) in [6.45, 7) is 0. The summed E-state index contributed by atoms with van der Waals surface area (Å²) in [6, 6.07) is 0. The number of rotatable bonds is 0. The summed E-state index contributed by atoms with van der Waals surface area (Å²) in [4.78, 5) is 0. The van der Waals surface area contributed by atoms with Crippen LogP contribution in [0.3, 0.4) is 0 Å². The molecule has 4 atom stereocenters. The highest BCUT2D eigenvalue weighted by atomic mass is 127. The molecule has 0 aliphatic heterocycles. The van der Waals surface area contributed by atoms with E-state index in [0.29, 0.717) is 0 Å². The lowest BCUT2D eigenvalue weighted by molar-refractivity contribution is 0.0439. The molecule has 2 heteroatoms. The zero-order chi connectivity index (χ0) is 8.29. The van der Waals surface area contributed by atoms with Crippen LogP contribution in [0.1, 0.15) is 25.7 Å². The minimum atomic E-state index is 1.03. The Morgan fingerprint density at radius 3 is 1.92 bits per heavy atom. The third kappa shape index (κ3) is 1.12. The van der Waals surface area contributed by atoms with E-state index >= 15 is 0 Å². The summed E-state index contributed by atoms with van der Waals surface area (Å²) < 4.78 is 2.05. The molecule has 4 unspecified atom stereocenters. The number of hydrogen-bond acceptors (Lipinski definition) is 0. The Hall–Kier alpha value is 1.46. The van der Waals surface area contributed by atoms with Gasteiger partial charge in [-0.25, -0.2) is 0 Å². The predicted octanol–water partition coefficient (Wildman–Crippen LogP) is 3.66. The maximum Gasteiger partial charge on any atom is 0.0176 e. The van der Waals surface area contributed by atoms with E-state index in [9.17, 15) is 0 Å². The minimum Gasteiger partial charge on any atom is -0.0820 e. The monoisotopic (exact) mass is 388 g/mol. The molecule has 0 amide bonds. The first-order valence-corrected chi connectivity index (χ1v) is 7.53. The lowest BCUT2D eigenvalue weighted by atomic mass is 9.56. The molecule has 4 saturated carbocycles. The van der Waals surface area contributed by atoms with Crippen LogP contribution >= 0.6 is 45.2 Å². The highest BCUT2D eigenvalue weighted by Crippen LogP contribution is 2.58. The van der Waals surface area contributed by atoms with Crippen molar-refractivity contribution in [1.82, 2.24) is 0 Å². The van der Waals surface area contributed by atoms with Crippen molar-refractivity contribution in [2.24, 2.45) is 23.7 Å². The van der Waals surface area contributed by atoms with Gasteiger partial charge in [-0.1, -0.05) is 45.2 Å². The highest BCUT2D eigenvalue weighted by Gasteiger charge is 2.51. The molecular weight excluding hydrogens is 374 g/mol. The quantitative estimate of drug-likeness (QED) is 0.439. The van der Waals surface area contributed by atoms with Crippen molar-refractivity contribution in [3.05, 3.63) is 0 Å². The average Bonchev–Trinajstić information content (AvgIpc) is 2.07. The topological polar surface area (TPSA) is 0 Å². The van der Waals surface area contributed by atoms with E-state index in [-0.39, 0.29) is 0 Å². The molecule has 4 rings (SSSR count). The van der Waals surface area contributed by atoms with Gasteiger partial charge in [0, 0.05) is 7.85 Å². The van der Waals surface area contributed by atoms with Crippen LogP contribution in [-0.4, -0.2) is 7.85 Å². The van der Waals surface area contributed by atoms with Crippen molar-refractivity contribution in [3.8, 4) is 0 Å². The third-order valence-corrected chi connectivity index (χ3v) is 8.08. The van der Waals surface area contributed by atoms with Crippen LogP contribution in [0, 0.1) is 23.7 Å². The van der Waals surface area contributed by atoms with Gasteiger partial charge >= 0.3 is 0 Å². The van der Waals surface area contributed by atoms with Gasteiger partial charge in [0.1, 0.15) is 0 Å². The fourth-order valence-corrected chi connectivity index (χ4v) is 7.22. The van der Waals surface area contributed by atoms with E-state index < -0.39 is 0 Å². The molecular formula is C10H14I2. The summed E-state index contributed by atoms with van der Waals surface area (Å²) in [7, 11) is 0. The van der Waals surface area contributed by atoms with Gasteiger partial charge in [0.15, 0.2) is 0 Å². The molecule has 68 valence electrons. The molecule has 0 aromatic rings. The number of halogens is 2. The van der Waals surface area contributed by atoms with Gasteiger partial charge in [-0.2, -0.15) is 0 Å². The molecule has 0 nitrogen and oxygen atoms in total. The fourth-order valence-electron chi connectivity index (χ4n) is 3.77. The second-order valence-electron chi connectivity index (χ2n) is 4.88. The van der Waals surface area contributed by atoms with Gasteiger partial charge in [-0.3, -0.25) is 0 Å². The van der Waals surface area contributed by atoms with Crippen molar-refractivity contribution < 1.29 is 0 Å². The van der Waals surface area contributed by atoms with Crippen molar-refractivity contribution in [1.29, 1.82) is 0 Å². The molecule has 0 aromatic carbocycles. The molecule has 4 fully saturated rings. The van der Waals surface area contributed by atoms with E-state index in [1.54, 1.807) is 25.7 Å². The van der Waals surface area contributed by atoms with Crippen LogP contribution in [-0.2, 0) is 0 Å². The second-order valence-corrected chi connectivity index (χ2v) is 7.76. The van der Waals surface area contributed by atoms with Crippen LogP contribution in [0.2, 0.25) is 0 Å². The van der Waals surface area contributed by atoms with Gasteiger partial charge in [-0.15, -0.1) is 0 Å². The molecule has 4 aliphatic rings. The molecule has 0 radical (unpaired) electrons. The van der Waals surface area contributed by atoms with E-state index in [4.69, 9.17) is 0 Å². The van der Waals surface area contributed by atoms with E-state index in [0.717, 1.165) is 31.5 Å². The molecule has 0 spiro atoms. The van der Waals surface area contributed by atoms with Crippen molar-refractivity contribution in [3.63, 3.8) is 0 Å². The first-order valence-electron chi connectivity index (χ1n) is 5.04. The van der Waals surface area contributed by atoms with Gasteiger partial charge < -0.3 is 0 Å². The zero-order valence-electron chi connectivity index (χ0n) is 7.05. The number of hydrogen-bond donors (Lipinski definition) is 0. The Kier molecular flexibility index (Phi) is 2.17. The molecule has 4 aliphatic carbocycles. The molecule has 0 saturated heterocycles. The summed E-state index contributed by atoms with van der Waals surface area (Å²) >= 11 is 5.47. The third-order valence-electron chi connectivity index (χ3n) is 4.20. The fraction of sp³-hybridized carbons (Fsp3) is 1.00. The van der Waals surface area contributed by atoms with Crippen LogP contribution in [0.4, 0.5) is 0 Å². The summed E-state index contributed by atoms with van der Waals surface area (Å²) in [6.07, 6.45) is 6.27. The van der Waals surface area contributed by atoms with Crippen molar-refractivity contribution in [2.75, 3.05) is 0 Å². The lowest BCUT2D eigenvalue weighted by Gasteiger charge is -2.55. The maximum atomic E-state index is 2.74. The first kappa shape index (κ1) is 8.74. The van der Waals surface area contributed by atoms with Crippen LogP contribution in [0.15, 0.2) is 0 Å². The Morgan fingerprint density at radius 1 is 0.750 bits per heavy atom. The summed E-state index contributed by atoms with van der Waals surface area (Å²) in [5, 5.41) is 0. The highest BCUT2D eigenvalue weighted by molar-refractivity contribution is 14.1.